The molecular weight excluding hydrogens is 476 g/mol. The van der Waals surface area contributed by atoms with Gasteiger partial charge >= 0.3 is 5.97 Å². The van der Waals surface area contributed by atoms with Gasteiger partial charge in [-0.3, -0.25) is 4.79 Å². The average molecular weight is 527 g/mol. The number of carbonyl (C=O) groups excluding carboxylic acids is 3. The number of aliphatic hydroxyl groups excluding tert-OH is 1. The van der Waals surface area contributed by atoms with Crippen LogP contribution in [0.15, 0.2) is 11.6 Å². The van der Waals surface area contributed by atoms with Gasteiger partial charge in [0.1, 0.15) is 12.4 Å². The molecule has 0 amide bonds. The zero-order chi connectivity index (χ0) is 27.9. The molecule has 4 saturated carbocycles. The molecule has 212 valence electrons. The van der Waals surface area contributed by atoms with E-state index in [1.165, 1.54) is 5.57 Å². The highest BCUT2D eigenvalue weighted by Gasteiger charge is 2.70. The molecule has 0 aromatic rings. The number of ether oxygens (including phenoxy) is 1. The predicted molar refractivity (Wildman–Crippen MR) is 147 cm³/mol. The minimum Gasteiger partial charge on any atom is -0.457 e. The Labute approximate surface area is 229 Å². The van der Waals surface area contributed by atoms with E-state index < -0.39 is 12.1 Å². The predicted octanol–water partition coefficient (Wildman–Crippen LogP) is 6.46. The van der Waals surface area contributed by atoms with E-state index in [9.17, 15) is 19.5 Å². The molecule has 1 unspecified atom stereocenters. The number of fused-ring (bicyclic) bond motifs is 7. The summed E-state index contributed by atoms with van der Waals surface area (Å²) in [5.74, 6) is 0.0773. The number of esters is 1. The number of hydrogen-bond donors (Lipinski definition) is 1. The maximum atomic E-state index is 13.3. The van der Waals surface area contributed by atoms with Gasteiger partial charge in [-0.1, -0.05) is 46.3 Å². The molecule has 0 saturated heterocycles. The van der Waals surface area contributed by atoms with Crippen molar-refractivity contribution in [3.63, 3.8) is 0 Å². The van der Waals surface area contributed by atoms with Crippen LogP contribution in [0.5, 0.6) is 0 Å². The van der Waals surface area contributed by atoms with Gasteiger partial charge < -0.3 is 14.6 Å². The first-order valence-corrected chi connectivity index (χ1v) is 15.3. The number of ketones is 1. The van der Waals surface area contributed by atoms with Crippen molar-refractivity contribution in [2.24, 2.45) is 50.7 Å². The Hall–Kier alpha value is -1.49. The molecule has 0 aliphatic heterocycles. The first-order chi connectivity index (χ1) is 17.7. The Morgan fingerprint density at radius 1 is 0.921 bits per heavy atom. The van der Waals surface area contributed by atoms with E-state index in [1.54, 1.807) is 13.8 Å². The summed E-state index contributed by atoms with van der Waals surface area (Å²) in [6.45, 7) is 15.6. The molecule has 0 bridgehead atoms. The summed E-state index contributed by atoms with van der Waals surface area (Å²) >= 11 is 0. The second-order valence-corrected chi connectivity index (χ2v) is 15.3. The Bertz CT molecular complexity index is 1040. The van der Waals surface area contributed by atoms with Gasteiger partial charge in [-0.25, -0.2) is 4.79 Å². The van der Waals surface area contributed by atoms with Gasteiger partial charge in [-0.05, 0) is 117 Å². The Kier molecular flexibility index (Phi) is 6.65. The number of aliphatic hydroxyl groups is 1. The van der Waals surface area contributed by atoms with Gasteiger partial charge in [-0.2, -0.15) is 0 Å². The molecule has 4 fully saturated rings. The van der Waals surface area contributed by atoms with Crippen LogP contribution < -0.4 is 0 Å². The molecule has 5 nitrogen and oxygen atoms in total. The van der Waals surface area contributed by atoms with Crippen LogP contribution in [0.25, 0.3) is 0 Å². The van der Waals surface area contributed by atoms with Crippen LogP contribution >= 0.6 is 0 Å². The standard InChI is InChI=1S/C33H50O5/c1-20(2)38-28(37)27(36)23-12-15-30(5)24(29(23,3)4)13-16-32(7)25(30)11-10-21-22-9-8-14-33(22,26(35)19-34)18-17-31(21,32)6/h9,19-21,23-26,35H,8,10-18H2,1-7H3/t21-,23-,24-,25-,26?,30-,31-,32-,33-/m1/s1. The average Bonchev–Trinajstić information content (AvgIpc) is 3.28. The Balaban J connectivity index is 1.45. The van der Waals surface area contributed by atoms with Crippen LogP contribution in [0.1, 0.15) is 113 Å². The lowest BCUT2D eigenvalue weighted by Gasteiger charge is -2.72. The summed E-state index contributed by atoms with van der Waals surface area (Å²) < 4.78 is 5.33. The monoisotopic (exact) mass is 526 g/mol. The summed E-state index contributed by atoms with van der Waals surface area (Å²) in [5, 5.41) is 10.9. The van der Waals surface area contributed by atoms with E-state index in [0.29, 0.717) is 17.8 Å². The molecule has 0 aromatic carbocycles. The normalized spacial score (nSPS) is 46.1. The summed E-state index contributed by atoms with van der Waals surface area (Å²) in [4.78, 5) is 37.7. The van der Waals surface area contributed by atoms with Gasteiger partial charge in [0, 0.05) is 11.3 Å². The number of Topliss-reactive ketones (excluding diaryl/α,β-unsaturated/α-hetero) is 1. The molecule has 5 aliphatic rings. The summed E-state index contributed by atoms with van der Waals surface area (Å²) in [6.07, 6.45) is 12.0. The van der Waals surface area contributed by atoms with E-state index in [0.717, 1.165) is 70.5 Å². The van der Waals surface area contributed by atoms with Crippen molar-refractivity contribution in [1.82, 2.24) is 0 Å². The smallest absolute Gasteiger partial charge is 0.375 e. The van der Waals surface area contributed by atoms with Crippen LogP contribution in [-0.2, 0) is 19.1 Å². The number of hydrogen-bond acceptors (Lipinski definition) is 5. The third-order valence-corrected chi connectivity index (χ3v) is 13.5. The maximum Gasteiger partial charge on any atom is 0.375 e. The lowest BCUT2D eigenvalue weighted by molar-refractivity contribution is -0.222. The Morgan fingerprint density at radius 2 is 1.63 bits per heavy atom. The van der Waals surface area contributed by atoms with E-state index >= 15 is 0 Å². The molecule has 0 heterocycles. The van der Waals surface area contributed by atoms with E-state index in [2.05, 4.69) is 40.7 Å². The quantitative estimate of drug-likeness (QED) is 0.192. The molecule has 5 heteroatoms. The zero-order valence-electron chi connectivity index (χ0n) is 24.8. The molecule has 0 spiro atoms. The van der Waals surface area contributed by atoms with Crippen molar-refractivity contribution >= 4 is 18.0 Å². The van der Waals surface area contributed by atoms with Gasteiger partial charge in [0.2, 0.25) is 5.78 Å². The Morgan fingerprint density at radius 3 is 2.29 bits per heavy atom. The summed E-state index contributed by atoms with van der Waals surface area (Å²) in [5.41, 5.74) is 1.18. The lowest BCUT2D eigenvalue weighted by atomic mass is 9.32. The highest BCUT2D eigenvalue weighted by atomic mass is 16.5. The highest BCUT2D eigenvalue weighted by Crippen LogP contribution is 2.76. The lowest BCUT2D eigenvalue weighted by Crippen LogP contribution is -2.66. The highest BCUT2D eigenvalue weighted by molar-refractivity contribution is 6.34. The van der Waals surface area contributed by atoms with Crippen molar-refractivity contribution in [3.05, 3.63) is 11.6 Å². The minimum absolute atomic E-state index is 0.115. The molecule has 0 radical (unpaired) electrons. The van der Waals surface area contributed by atoms with Crippen LogP contribution in [0.4, 0.5) is 0 Å². The fraction of sp³-hybridized carbons (Fsp3) is 0.848. The maximum absolute atomic E-state index is 13.3. The molecule has 1 N–H and O–H groups in total. The first kappa shape index (κ1) is 28.1. The molecular formula is C33H50O5. The number of rotatable bonds is 5. The second-order valence-electron chi connectivity index (χ2n) is 15.3. The second kappa shape index (κ2) is 9.01. The summed E-state index contributed by atoms with van der Waals surface area (Å²) in [6, 6.07) is 0. The zero-order valence-corrected chi connectivity index (χ0v) is 24.8. The molecule has 5 aliphatic carbocycles. The largest absolute Gasteiger partial charge is 0.457 e. The topological polar surface area (TPSA) is 80.7 Å². The third-order valence-electron chi connectivity index (χ3n) is 13.5. The van der Waals surface area contributed by atoms with Crippen molar-refractivity contribution in [2.45, 2.75) is 125 Å². The SMILES string of the molecule is CC(C)OC(=O)C(=O)[C@H]1CC[C@]2(C)[C@H](CC[C@]3(C)[C@@H]2CC[C@@H]2C4=CCC[C@@]4(C(O)C=O)CC[C@]23C)C1(C)C. The van der Waals surface area contributed by atoms with Crippen LogP contribution in [-0.4, -0.2) is 35.4 Å². The van der Waals surface area contributed by atoms with Gasteiger partial charge in [0.05, 0.1) is 6.10 Å². The molecule has 38 heavy (non-hydrogen) atoms. The fourth-order valence-corrected chi connectivity index (χ4v) is 11.5. The minimum atomic E-state index is -0.893. The van der Waals surface area contributed by atoms with Crippen LogP contribution in [0.3, 0.4) is 0 Å². The van der Waals surface area contributed by atoms with Gasteiger partial charge in [0.15, 0.2) is 0 Å². The van der Waals surface area contributed by atoms with Crippen molar-refractivity contribution in [1.29, 1.82) is 0 Å². The van der Waals surface area contributed by atoms with Crippen LogP contribution in [0, 0.1) is 50.7 Å². The fourth-order valence-electron chi connectivity index (χ4n) is 11.5. The molecule has 9 atom stereocenters. The first-order valence-electron chi connectivity index (χ1n) is 15.3. The van der Waals surface area contributed by atoms with Crippen molar-refractivity contribution in [2.75, 3.05) is 0 Å². The molecule has 0 aromatic heterocycles. The summed E-state index contributed by atoms with van der Waals surface area (Å²) in [7, 11) is 0. The van der Waals surface area contributed by atoms with Crippen molar-refractivity contribution in [3.8, 4) is 0 Å². The van der Waals surface area contributed by atoms with E-state index in [-0.39, 0.29) is 44.9 Å². The van der Waals surface area contributed by atoms with E-state index in [4.69, 9.17) is 4.74 Å². The number of allylic oxidation sites excluding steroid dienone is 1. The number of carbonyl (C=O) groups is 3. The van der Waals surface area contributed by atoms with E-state index in [1.807, 2.05) is 0 Å². The van der Waals surface area contributed by atoms with Gasteiger partial charge in [-0.15, -0.1) is 0 Å². The van der Waals surface area contributed by atoms with Gasteiger partial charge in [0.25, 0.3) is 0 Å². The molecule has 5 rings (SSSR count). The van der Waals surface area contributed by atoms with Crippen molar-refractivity contribution < 1.29 is 24.2 Å². The number of aldehydes is 1. The third kappa shape index (κ3) is 3.55. The van der Waals surface area contributed by atoms with Crippen LogP contribution in [0.2, 0.25) is 0 Å².